The maximum atomic E-state index is 8.24. The van der Waals surface area contributed by atoms with Gasteiger partial charge in [-0.2, -0.15) is 5.26 Å². The number of rotatable bonds is 1. The van der Waals surface area contributed by atoms with Crippen molar-refractivity contribution in [3.8, 4) is 6.07 Å². The molecule has 2 nitrogen and oxygen atoms in total. The van der Waals surface area contributed by atoms with Gasteiger partial charge in [-0.3, -0.25) is 0 Å². The molecule has 38 valence electrons. The van der Waals surface area contributed by atoms with Crippen LogP contribution in [0.15, 0.2) is 11.6 Å². The van der Waals surface area contributed by atoms with Crippen molar-refractivity contribution >= 4 is 0 Å². The largest absolute Gasteiger partial charge is 0.391 e. The molecule has 0 aliphatic rings. The van der Waals surface area contributed by atoms with Gasteiger partial charge in [0, 0.05) is 0 Å². The second kappa shape index (κ2) is 3.38. The van der Waals surface area contributed by atoms with Crippen LogP contribution in [0, 0.1) is 11.3 Å². The Morgan fingerprint density at radius 2 is 2.57 bits per heavy atom. The molecule has 0 aliphatic carbocycles. The fourth-order valence-electron chi connectivity index (χ4n) is 0.191. The minimum Gasteiger partial charge on any atom is -0.391 e. The Hall–Kier alpha value is -0.810. The van der Waals surface area contributed by atoms with Crippen LogP contribution in [-0.2, 0) is 0 Å². The highest BCUT2D eigenvalue weighted by Crippen LogP contribution is 1.85. The molecule has 0 aromatic heterocycles. The van der Waals surface area contributed by atoms with Crippen LogP contribution in [0.2, 0.25) is 0 Å². The maximum absolute atomic E-state index is 8.24. The second-order valence-corrected chi connectivity index (χ2v) is 1.08. The Morgan fingerprint density at radius 3 is 2.57 bits per heavy atom. The molecule has 0 bridgehead atoms. The molecule has 0 heterocycles. The summed E-state index contributed by atoms with van der Waals surface area (Å²) in [5.74, 6) is 0. The van der Waals surface area contributed by atoms with Crippen LogP contribution in [0.4, 0.5) is 0 Å². The summed E-state index contributed by atoms with van der Waals surface area (Å²) in [6.45, 7) is 1.57. The Labute approximate surface area is 42.7 Å². The topological polar surface area (TPSA) is 44.0 Å². The Balaban J connectivity index is 3.68. The van der Waals surface area contributed by atoms with Crippen LogP contribution < -0.4 is 0 Å². The van der Waals surface area contributed by atoms with Crippen molar-refractivity contribution < 1.29 is 5.11 Å². The first-order valence-electron chi connectivity index (χ1n) is 2.01. The highest BCUT2D eigenvalue weighted by Gasteiger charge is 1.83. The fourth-order valence-corrected chi connectivity index (χ4v) is 0.191. The molecule has 0 unspecified atom stereocenters. The molecular formula is C5H7NO. The van der Waals surface area contributed by atoms with E-state index < -0.39 is 0 Å². The number of allylic oxidation sites excluding steroid dienone is 1. The Kier molecular flexibility index (Phi) is 2.99. The summed E-state index contributed by atoms with van der Waals surface area (Å²) >= 11 is 0. The minimum absolute atomic E-state index is 0.146. The van der Waals surface area contributed by atoms with Gasteiger partial charge in [0.25, 0.3) is 0 Å². The lowest BCUT2D eigenvalue weighted by Gasteiger charge is -1.81. The van der Waals surface area contributed by atoms with Gasteiger partial charge >= 0.3 is 0 Å². The first kappa shape index (κ1) is 6.19. The van der Waals surface area contributed by atoms with Crippen LogP contribution in [0.3, 0.4) is 0 Å². The van der Waals surface area contributed by atoms with Gasteiger partial charge < -0.3 is 5.11 Å². The molecule has 0 spiro atoms. The van der Waals surface area contributed by atoms with E-state index in [1.807, 2.05) is 6.07 Å². The van der Waals surface area contributed by atoms with Crippen molar-refractivity contribution in [2.24, 2.45) is 0 Å². The summed E-state index contributed by atoms with van der Waals surface area (Å²) in [5.41, 5.74) is 0.417. The third-order valence-corrected chi connectivity index (χ3v) is 0.662. The van der Waals surface area contributed by atoms with E-state index in [0.717, 1.165) is 0 Å². The fraction of sp³-hybridized carbons (Fsp3) is 0.400. The van der Waals surface area contributed by atoms with Gasteiger partial charge in [0.05, 0.1) is 18.2 Å². The standard InChI is InChI=1S/C5H7NO/c1-2-5(3-6)4-7/h2,7H,4H2,1H3/b5-2-. The van der Waals surface area contributed by atoms with E-state index in [2.05, 4.69) is 0 Å². The van der Waals surface area contributed by atoms with Crippen LogP contribution >= 0.6 is 0 Å². The second-order valence-electron chi connectivity index (χ2n) is 1.08. The Bertz CT molecular complexity index is 110. The lowest BCUT2D eigenvalue weighted by Crippen LogP contribution is -1.82. The molecule has 0 saturated heterocycles. The first-order chi connectivity index (χ1) is 3.35. The van der Waals surface area contributed by atoms with Gasteiger partial charge in [0.1, 0.15) is 0 Å². The molecule has 0 fully saturated rings. The van der Waals surface area contributed by atoms with Crippen molar-refractivity contribution in [3.05, 3.63) is 11.6 Å². The third-order valence-electron chi connectivity index (χ3n) is 0.662. The molecule has 0 aliphatic heterocycles. The van der Waals surface area contributed by atoms with E-state index in [9.17, 15) is 0 Å². The number of hydrogen-bond donors (Lipinski definition) is 1. The highest BCUT2D eigenvalue weighted by molar-refractivity contribution is 5.19. The molecule has 0 rings (SSSR count). The number of nitriles is 1. The zero-order chi connectivity index (χ0) is 5.70. The zero-order valence-corrected chi connectivity index (χ0v) is 4.18. The first-order valence-corrected chi connectivity index (χ1v) is 2.01. The number of nitrogens with zero attached hydrogens (tertiary/aromatic N) is 1. The van der Waals surface area contributed by atoms with Gasteiger partial charge in [-0.05, 0) is 6.92 Å². The van der Waals surface area contributed by atoms with E-state index in [1.165, 1.54) is 0 Å². The van der Waals surface area contributed by atoms with E-state index in [-0.39, 0.29) is 6.61 Å². The van der Waals surface area contributed by atoms with Gasteiger partial charge in [0.15, 0.2) is 0 Å². The van der Waals surface area contributed by atoms with E-state index in [4.69, 9.17) is 10.4 Å². The van der Waals surface area contributed by atoms with E-state index in [1.54, 1.807) is 13.0 Å². The van der Waals surface area contributed by atoms with Gasteiger partial charge in [-0.15, -0.1) is 0 Å². The summed E-state index contributed by atoms with van der Waals surface area (Å²) in [4.78, 5) is 0. The summed E-state index contributed by atoms with van der Waals surface area (Å²) in [6.07, 6.45) is 1.58. The molecule has 0 aromatic carbocycles. The molecule has 0 saturated carbocycles. The number of aliphatic hydroxyl groups excluding tert-OH is 1. The third kappa shape index (κ3) is 1.96. The highest BCUT2D eigenvalue weighted by atomic mass is 16.3. The van der Waals surface area contributed by atoms with Crippen molar-refractivity contribution in [1.29, 1.82) is 5.26 Å². The summed E-state index contributed by atoms with van der Waals surface area (Å²) in [7, 11) is 0. The summed E-state index contributed by atoms with van der Waals surface area (Å²) in [5, 5.41) is 16.3. The minimum atomic E-state index is -0.146. The molecule has 0 amide bonds. The molecule has 0 atom stereocenters. The van der Waals surface area contributed by atoms with Crippen LogP contribution in [0.25, 0.3) is 0 Å². The number of aliphatic hydroxyl groups is 1. The molecular weight excluding hydrogens is 90.1 g/mol. The van der Waals surface area contributed by atoms with Crippen molar-refractivity contribution in [2.75, 3.05) is 6.61 Å². The molecule has 7 heavy (non-hydrogen) atoms. The predicted octanol–water partition coefficient (Wildman–Crippen LogP) is 0.449. The van der Waals surface area contributed by atoms with E-state index in [0.29, 0.717) is 5.57 Å². The SMILES string of the molecule is C/C=C(/C#N)CO. The summed E-state index contributed by atoms with van der Waals surface area (Å²) in [6, 6.07) is 1.81. The molecule has 0 aromatic rings. The molecule has 2 heteroatoms. The Morgan fingerprint density at radius 1 is 2.00 bits per heavy atom. The average molecular weight is 97.1 g/mol. The monoisotopic (exact) mass is 97.1 g/mol. The van der Waals surface area contributed by atoms with Crippen LogP contribution in [-0.4, -0.2) is 11.7 Å². The lowest BCUT2D eigenvalue weighted by atomic mass is 10.3. The van der Waals surface area contributed by atoms with Gasteiger partial charge in [0.2, 0.25) is 0 Å². The lowest BCUT2D eigenvalue weighted by molar-refractivity contribution is 0.335. The molecule has 1 N–H and O–H groups in total. The van der Waals surface area contributed by atoms with Crippen molar-refractivity contribution in [2.45, 2.75) is 6.92 Å². The average Bonchev–Trinajstić information content (AvgIpc) is 1.72. The van der Waals surface area contributed by atoms with Crippen molar-refractivity contribution in [3.63, 3.8) is 0 Å². The van der Waals surface area contributed by atoms with Gasteiger partial charge in [-0.25, -0.2) is 0 Å². The quantitative estimate of drug-likeness (QED) is 0.483. The maximum Gasteiger partial charge on any atom is 0.0968 e. The zero-order valence-electron chi connectivity index (χ0n) is 4.18. The molecule has 0 radical (unpaired) electrons. The van der Waals surface area contributed by atoms with Crippen LogP contribution in [0.1, 0.15) is 6.92 Å². The predicted molar refractivity (Wildman–Crippen MR) is 26.5 cm³/mol. The smallest absolute Gasteiger partial charge is 0.0968 e. The van der Waals surface area contributed by atoms with E-state index >= 15 is 0 Å². The number of hydrogen-bond acceptors (Lipinski definition) is 2. The van der Waals surface area contributed by atoms with Crippen molar-refractivity contribution in [1.82, 2.24) is 0 Å². The summed E-state index contributed by atoms with van der Waals surface area (Å²) < 4.78 is 0. The normalized spacial score (nSPS) is 10.7. The van der Waals surface area contributed by atoms with Crippen LogP contribution in [0.5, 0.6) is 0 Å². The van der Waals surface area contributed by atoms with Gasteiger partial charge in [-0.1, -0.05) is 6.08 Å².